The van der Waals surface area contributed by atoms with E-state index in [1.165, 1.54) is 0 Å². The molecular weight excluding hydrogens is 495 g/mol. The predicted octanol–water partition coefficient (Wildman–Crippen LogP) is 6.03. The van der Waals surface area contributed by atoms with Crippen LogP contribution >= 0.6 is 23.2 Å². The molecule has 8 heteroatoms. The third-order valence-electron chi connectivity index (χ3n) is 6.34. The summed E-state index contributed by atoms with van der Waals surface area (Å²) in [5.41, 5.74) is 4.22. The molecule has 0 saturated carbocycles. The van der Waals surface area contributed by atoms with Crippen LogP contribution in [-0.4, -0.2) is 28.2 Å². The van der Waals surface area contributed by atoms with Gasteiger partial charge in [-0.15, -0.1) is 0 Å². The Hall–Kier alpha value is -3.32. The van der Waals surface area contributed by atoms with Gasteiger partial charge in [0.25, 0.3) is 5.56 Å². The average Bonchev–Trinajstić information content (AvgIpc) is 2.87. The Labute approximate surface area is 220 Å². The first-order valence-corrected chi connectivity index (χ1v) is 12.4. The largest absolute Gasteiger partial charge is 0.496 e. The first kappa shape index (κ1) is 24.4. The molecule has 6 nitrogen and oxygen atoms in total. The summed E-state index contributed by atoms with van der Waals surface area (Å²) in [7, 11) is 1.66. The number of halogens is 2. The van der Waals surface area contributed by atoms with Crippen LogP contribution in [0.4, 0.5) is 11.6 Å². The van der Waals surface area contributed by atoms with Crippen LogP contribution in [0.3, 0.4) is 0 Å². The van der Waals surface area contributed by atoms with Crippen LogP contribution in [0.5, 0.6) is 5.75 Å². The number of aryl methyl sites for hydroxylation is 1. The van der Waals surface area contributed by atoms with Crippen molar-refractivity contribution < 1.29 is 4.74 Å². The third-order valence-corrected chi connectivity index (χ3v) is 6.78. The van der Waals surface area contributed by atoms with E-state index in [9.17, 15) is 4.79 Å². The second-order valence-corrected chi connectivity index (χ2v) is 9.72. The van der Waals surface area contributed by atoms with Crippen molar-refractivity contribution in [2.24, 2.45) is 0 Å². The van der Waals surface area contributed by atoms with E-state index in [0.29, 0.717) is 53.6 Å². The van der Waals surface area contributed by atoms with Gasteiger partial charge in [-0.2, -0.15) is 0 Å². The Kier molecular flexibility index (Phi) is 7.01. The Morgan fingerprint density at radius 2 is 1.64 bits per heavy atom. The summed E-state index contributed by atoms with van der Waals surface area (Å²) < 4.78 is 7.30. The van der Waals surface area contributed by atoms with Crippen LogP contribution < -0.4 is 15.2 Å². The molecular formula is C28H26Cl2N4O2. The molecule has 0 radical (unpaired) electrons. The lowest BCUT2D eigenvalue weighted by Gasteiger charge is -2.38. The van der Waals surface area contributed by atoms with Crippen LogP contribution in [0.1, 0.15) is 22.4 Å². The first-order chi connectivity index (χ1) is 17.4. The molecule has 0 bridgehead atoms. The van der Waals surface area contributed by atoms with Gasteiger partial charge >= 0.3 is 0 Å². The Bertz CT molecular complexity index is 1440. The minimum Gasteiger partial charge on any atom is -0.496 e. The van der Waals surface area contributed by atoms with E-state index in [0.717, 1.165) is 22.6 Å². The Morgan fingerprint density at radius 1 is 0.944 bits per heavy atom. The minimum atomic E-state index is -0.0517. The van der Waals surface area contributed by atoms with E-state index in [1.807, 2.05) is 78.6 Å². The summed E-state index contributed by atoms with van der Waals surface area (Å²) >= 11 is 12.7. The van der Waals surface area contributed by atoms with E-state index in [4.69, 9.17) is 32.9 Å². The molecule has 0 fully saturated rings. The van der Waals surface area contributed by atoms with Crippen LogP contribution in [-0.2, 0) is 19.6 Å². The number of rotatable bonds is 6. The summed E-state index contributed by atoms with van der Waals surface area (Å²) in [4.78, 5) is 22.9. The van der Waals surface area contributed by atoms with E-state index in [1.54, 1.807) is 17.7 Å². The zero-order chi connectivity index (χ0) is 25.2. The maximum absolute atomic E-state index is 13.9. The number of fused-ring (bicyclic) bond motifs is 1. The molecule has 0 saturated heterocycles. The number of anilines is 2. The minimum absolute atomic E-state index is 0.0517. The van der Waals surface area contributed by atoms with E-state index >= 15 is 0 Å². The average molecular weight is 521 g/mol. The van der Waals surface area contributed by atoms with Gasteiger partial charge in [-0.1, -0.05) is 71.7 Å². The van der Waals surface area contributed by atoms with Crippen LogP contribution in [0, 0.1) is 6.92 Å². The van der Waals surface area contributed by atoms with Gasteiger partial charge < -0.3 is 4.74 Å². The fourth-order valence-electron chi connectivity index (χ4n) is 4.60. The van der Waals surface area contributed by atoms with E-state index < -0.39 is 0 Å². The van der Waals surface area contributed by atoms with E-state index in [2.05, 4.69) is 4.90 Å². The standard InChI is InChI=1S/C28H26Cl2N4O2/c1-19-25(12-20-8-4-3-5-9-20)27(35)34-18-32(16-21-10-6-7-11-26(21)36-2)17-33(28(34)31-19)24-14-22(29)13-23(30)15-24/h3-11,13-15H,12,16-18H2,1-2H3. The molecule has 2 heterocycles. The highest BCUT2D eigenvalue weighted by Crippen LogP contribution is 2.33. The van der Waals surface area contributed by atoms with Crippen molar-refractivity contribution >= 4 is 34.8 Å². The molecule has 3 aromatic carbocycles. The van der Waals surface area contributed by atoms with Gasteiger partial charge in [-0.05, 0) is 36.8 Å². The van der Waals surface area contributed by atoms with Crippen molar-refractivity contribution in [1.29, 1.82) is 0 Å². The van der Waals surface area contributed by atoms with Gasteiger partial charge in [0.2, 0.25) is 5.95 Å². The van der Waals surface area contributed by atoms with Crippen LogP contribution in [0.25, 0.3) is 0 Å². The maximum Gasteiger partial charge on any atom is 0.259 e. The molecule has 0 aliphatic carbocycles. The highest BCUT2D eigenvalue weighted by atomic mass is 35.5. The SMILES string of the molecule is COc1ccccc1CN1CN(c2cc(Cl)cc(Cl)c2)c2nc(C)c(Cc3ccccc3)c(=O)n2C1. The van der Waals surface area contributed by atoms with Gasteiger partial charge in [-0.3, -0.25) is 19.2 Å². The predicted molar refractivity (Wildman–Crippen MR) is 144 cm³/mol. The number of hydrogen-bond acceptors (Lipinski definition) is 5. The summed E-state index contributed by atoms with van der Waals surface area (Å²) in [5.74, 6) is 1.38. The number of benzene rings is 3. The van der Waals surface area contributed by atoms with Crippen molar-refractivity contribution in [2.75, 3.05) is 18.7 Å². The normalized spacial score (nSPS) is 13.5. The monoisotopic (exact) mass is 520 g/mol. The molecule has 0 spiro atoms. The summed E-state index contributed by atoms with van der Waals surface area (Å²) in [6.45, 7) is 3.37. The van der Waals surface area contributed by atoms with Crippen molar-refractivity contribution in [1.82, 2.24) is 14.5 Å². The molecule has 36 heavy (non-hydrogen) atoms. The molecule has 0 atom stereocenters. The van der Waals surface area contributed by atoms with Gasteiger partial charge in [0, 0.05) is 39.8 Å². The zero-order valence-corrected chi connectivity index (χ0v) is 21.6. The van der Waals surface area contributed by atoms with Gasteiger partial charge in [-0.25, -0.2) is 4.98 Å². The molecule has 1 aliphatic rings. The molecule has 4 aromatic rings. The first-order valence-electron chi connectivity index (χ1n) is 11.6. The lowest BCUT2D eigenvalue weighted by atomic mass is 10.1. The number of nitrogens with zero attached hydrogens (tertiary/aromatic N) is 4. The van der Waals surface area contributed by atoms with Crippen molar-refractivity contribution in [3.8, 4) is 5.75 Å². The Balaban J connectivity index is 1.60. The highest BCUT2D eigenvalue weighted by Gasteiger charge is 2.29. The number of hydrogen-bond donors (Lipinski definition) is 0. The topological polar surface area (TPSA) is 50.6 Å². The van der Waals surface area contributed by atoms with Crippen LogP contribution in [0.2, 0.25) is 10.0 Å². The highest BCUT2D eigenvalue weighted by molar-refractivity contribution is 6.35. The second kappa shape index (κ2) is 10.3. The summed E-state index contributed by atoms with van der Waals surface area (Å²) in [5, 5.41) is 1.04. The summed E-state index contributed by atoms with van der Waals surface area (Å²) in [6, 6.07) is 23.3. The molecule has 184 valence electrons. The zero-order valence-electron chi connectivity index (χ0n) is 20.1. The van der Waals surface area contributed by atoms with Crippen molar-refractivity contribution in [3.63, 3.8) is 0 Å². The molecule has 1 aliphatic heterocycles. The molecule has 0 unspecified atom stereocenters. The van der Waals surface area contributed by atoms with Gasteiger partial charge in [0.1, 0.15) is 5.75 Å². The third kappa shape index (κ3) is 4.98. The Morgan fingerprint density at radius 3 is 2.36 bits per heavy atom. The van der Waals surface area contributed by atoms with Crippen molar-refractivity contribution in [2.45, 2.75) is 26.6 Å². The molecule has 5 rings (SSSR count). The van der Waals surface area contributed by atoms with E-state index in [-0.39, 0.29) is 5.56 Å². The molecule has 0 N–H and O–H groups in total. The number of aromatic nitrogens is 2. The number of methoxy groups -OCH3 is 1. The molecule has 1 aromatic heterocycles. The fraction of sp³-hybridized carbons (Fsp3) is 0.214. The second-order valence-electron chi connectivity index (χ2n) is 8.85. The number of para-hydroxylation sites is 1. The number of ether oxygens (including phenoxy) is 1. The smallest absolute Gasteiger partial charge is 0.259 e. The van der Waals surface area contributed by atoms with Gasteiger partial charge in [0.05, 0.1) is 26.1 Å². The fourth-order valence-corrected chi connectivity index (χ4v) is 5.11. The lowest BCUT2D eigenvalue weighted by molar-refractivity contribution is 0.187. The van der Waals surface area contributed by atoms with Crippen LogP contribution in [0.15, 0.2) is 77.6 Å². The summed E-state index contributed by atoms with van der Waals surface area (Å²) in [6.07, 6.45) is 0.522. The maximum atomic E-state index is 13.9. The van der Waals surface area contributed by atoms with Crippen molar-refractivity contribution in [3.05, 3.63) is 116 Å². The van der Waals surface area contributed by atoms with Gasteiger partial charge in [0.15, 0.2) is 0 Å². The quantitative estimate of drug-likeness (QED) is 0.310. The lowest BCUT2D eigenvalue weighted by Crippen LogP contribution is -2.47. The molecule has 0 amide bonds.